The summed E-state index contributed by atoms with van der Waals surface area (Å²) in [6, 6.07) is 10.1. The SMILES string of the molecule is Cc1ccc(OCc2ccc(CNCC(C)C)o2)cc1C. The molecule has 114 valence electrons. The maximum Gasteiger partial charge on any atom is 0.146 e. The van der Waals surface area contributed by atoms with Gasteiger partial charge >= 0.3 is 0 Å². The van der Waals surface area contributed by atoms with Crippen molar-refractivity contribution in [3.05, 3.63) is 53.0 Å². The van der Waals surface area contributed by atoms with E-state index in [4.69, 9.17) is 9.15 Å². The predicted octanol–water partition coefficient (Wildman–Crippen LogP) is 4.22. The molecule has 0 saturated heterocycles. The fraction of sp³-hybridized carbons (Fsp3) is 0.444. The predicted molar refractivity (Wildman–Crippen MR) is 85.5 cm³/mol. The largest absolute Gasteiger partial charge is 0.486 e. The van der Waals surface area contributed by atoms with Gasteiger partial charge in [0.05, 0.1) is 6.54 Å². The van der Waals surface area contributed by atoms with E-state index in [9.17, 15) is 0 Å². The lowest BCUT2D eigenvalue weighted by atomic mass is 10.1. The second-order valence-electron chi connectivity index (χ2n) is 5.93. The third-order valence-electron chi connectivity index (χ3n) is 3.43. The first-order valence-electron chi connectivity index (χ1n) is 7.53. The molecule has 0 bridgehead atoms. The van der Waals surface area contributed by atoms with Gasteiger partial charge in [0, 0.05) is 0 Å². The molecule has 0 fully saturated rings. The summed E-state index contributed by atoms with van der Waals surface area (Å²) >= 11 is 0. The molecular weight excluding hydrogens is 262 g/mol. The molecule has 0 unspecified atom stereocenters. The minimum absolute atomic E-state index is 0.465. The Balaban J connectivity index is 1.83. The van der Waals surface area contributed by atoms with Crippen LogP contribution in [-0.4, -0.2) is 6.54 Å². The van der Waals surface area contributed by atoms with E-state index in [2.05, 4.69) is 45.1 Å². The fourth-order valence-corrected chi connectivity index (χ4v) is 2.04. The molecule has 0 saturated carbocycles. The van der Waals surface area contributed by atoms with Crippen molar-refractivity contribution in [3.63, 3.8) is 0 Å². The van der Waals surface area contributed by atoms with E-state index in [1.54, 1.807) is 0 Å². The number of furan rings is 1. The number of nitrogens with one attached hydrogen (secondary N) is 1. The minimum Gasteiger partial charge on any atom is -0.486 e. The van der Waals surface area contributed by atoms with Crippen LogP contribution < -0.4 is 10.1 Å². The molecule has 2 rings (SSSR count). The molecule has 1 N–H and O–H groups in total. The third-order valence-corrected chi connectivity index (χ3v) is 3.43. The van der Waals surface area contributed by atoms with Crippen molar-refractivity contribution in [1.29, 1.82) is 0 Å². The van der Waals surface area contributed by atoms with Crippen LogP contribution in [0.3, 0.4) is 0 Å². The van der Waals surface area contributed by atoms with Gasteiger partial charge in [0.2, 0.25) is 0 Å². The van der Waals surface area contributed by atoms with Crippen molar-refractivity contribution in [2.24, 2.45) is 5.92 Å². The summed E-state index contributed by atoms with van der Waals surface area (Å²) in [7, 11) is 0. The number of hydrogen-bond donors (Lipinski definition) is 1. The first kappa shape index (κ1) is 15.6. The summed E-state index contributed by atoms with van der Waals surface area (Å²) in [4.78, 5) is 0. The highest BCUT2D eigenvalue weighted by Gasteiger charge is 2.04. The van der Waals surface area contributed by atoms with E-state index in [1.807, 2.05) is 18.2 Å². The van der Waals surface area contributed by atoms with E-state index < -0.39 is 0 Å². The second-order valence-corrected chi connectivity index (χ2v) is 5.93. The molecule has 0 radical (unpaired) electrons. The van der Waals surface area contributed by atoms with Crippen LogP contribution in [0.4, 0.5) is 0 Å². The molecule has 0 aliphatic heterocycles. The third kappa shape index (κ3) is 4.94. The Kier molecular flexibility index (Phi) is 5.45. The number of aryl methyl sites for hydroxylation is 2. The molecule has 3 heteroatoms. The van der Waals surface area contributed by atoms with E-state index >= 15 is 0 Å². The molecule has 1 heterocycles. The maximum absolute atomic E-state index is 5.77. The Bertz CT molecular complexity index is 572. The molecule has 0 aliphatic carbocycles. The van der Waals surface area contributed by atoms with Crippen molar-refractivity contribution >= 4 is 0 Å². The van der Waals surface area contributed by atoms with Crippen molar-refractivity contribution in [2.75, 3.05) is 6.54 Å². The van der Waals surface area contributed by atoms with Crippen molar-refractivity contribution in [2.45, 2.75) is 40.8 Å². The molecule has 0 atom stereocenters. The average molecular weight is 287 g/mol. The Hall–Kier alpha value is -1.74. The Morgan fingerprint density at radius 2 is 1.81 bits per heavy atom. The van der Waals surface area contributed by atoms with Crippen LogP contribution in [-0.2, 0) is 13.2 Å². The van der Waals surface area contributed by atoms with Gasteiger partial charge in [-0.25, -0.2) is 0 Å². The van der Waals surface area contributed by atoms with Crippen LogP contribution in [0.15, 0.2) is 34.7 Å². The van der Waals surface area contributed by atoms with Gasteiger partial charge < -0.3 is 14.5 Å². The van der Waals surface area contributed by atoms with Gasteiger partial charge in [-0.1, -0.05) is 19.9 Å². The average Bonchev–Trinajstić information content (AvgIpc) is 2.88. The van der Waals surface area contributed by atoms with E-state index in [-0.39, 0.29) is 0 Å². The molecule has 0 amide bonds. The van der Waals surface area contributed by atoms with Crippen LogP contribution in [0.25, 0.3) is 0 Å². The quantitative estimate of drug-likeness (QED) is 0.828. The smallest absolute Gasteiger partial charge is 0.146 e. The first-order chi connectivity index (χ1) is 10.0. The summed E-state index contributed by atoms with van der Waals surface area (Å²) in [6.45, 7) is 10.8. The molecule has 3 nitrogen and oxygen atoms in total. The van der Waals surface area contributed by atoms with Gasteiger partial charge in [0.25, 0.3) is 0 Å². The van der Waals surface area contributed by atoms with Crippen molar-refractivity contribution in [1.82, 2.24) is 5.32 Å². The summed E-state index contributed by atoms with van der Waals surface area (Å²) in [5.41, 5.74) is 2.52. The van der Waals surface area contributed by atoms with Gasteiger partial charge in [-0.2, -0.15) is 0 Å². The van der Waals surface area contributed by atoms with Gasteiger partial charge in [-0.15, -0.1) is 0 Å². The maximum atomic E-state index is 5.77. The topological polar surface area (TPSA) is 34.4 Å². The van der Waals surface area contributed by atoms with Crippen LogP contribution in [0, 0.1) is 19.8 Å². The highest BCUT2D eigenvalue weighted by molar-refractivity contribution is 5.33. The van der Waals surface area contributed by atoms with E-state index in [0.29, 0.717) is 12.5 Å². The van der Waals surface area contributed by atoms with E-state index in [0.717, 1.165) is 30.4 Å². The van der Waals surface area contributed by atoms with Gasteiger partial charge in [-0.05, 0) is 61.7 Å². The lowest BCUT2D eigenvalue weighted by Crippen LogP contribution is -2.18. The number of ether oxygens (including phenoxy) is 1. The molecular formula is C18H25NO2. The second kappa shape index (κ2) is 7.32. The first-order valence-corrected chi connectivity index (χ1v) is 7.53. The zero-order valence-corrected chi connectivity index (χ0v) is 13.4. The van der Waals surface area contributed by atoms with Gasteiger partial charge in [-0.3, -0.25) is 0 Å². The van der Waals surface area contributed by atoms with Crippen molar-refractivity contribution < 1.29 is 9.15 Å². The standard InChI is InChI=1S/C18H25NO2/c1-13(2)10-19-11-17-7-8-18(21-17)12-20-16-6-5-14(3)15(4)9-16/h5-9,13,19H,10-12H2,1-4H3. The highest BCUT2D eigenvalue weighted by Crippen LogP contribution is 2.18. The molecule has 1 aromatic carbocycles. The number of rotatable bonds is 7. The zero-order chi connectivity index (χ0) is 15.2. The highest BCUT2D eigenvalue weighted by atomic mass is 16.5. The summed E-state index contributed by atoms with van der Waals surface area (Å²) in [5.74, 6) is 3.34. The van der Waals surface area contributed by atoms with Gasteiger partial charge in [0.1, 0.15) is 23.9 Å². The van der Waals surface area contributed by atoms with Crippen LogP contribution >= 0.6 is 0 Å². The summed E-state index contributed by atoms with van der Waals surface area (Å²) in [5, 5.41) is 3.37. The number of hydrogen-bond acceptors (Lipinski definition) is 3. The molecule has 0 spiro atoms. The minimum atomic E-state index is 0.465. The normalized spacial score (nSPS) is 11.1. The molecule has 21 heavy (non-hydrogen) atoms. The van der Waals surface area contributed by atoms with Crippen LogP contribution in [0.1, 0.15) is 36.5 Å². The van der Waals surface area contributed by atoms with Crippen molar-refractivity contribution in [3.8, 4) is 5.75 Å². The van der Waals surface area contributed by atoms with E-state index in [1.165, 1.54) is 11.1 Å². The van der Waals surface area contributed by atoms with Crippen LogP contribution in [0.2, 0.25) is 0 Å². The molecule has 1 aromatic heterocycles. The molecule has 2 aromatic rings. The lowest BCUT2D eigenvalue weighted by Gasteiger charge is -2.07. The summed E-state index contributed by atoms with van der Waals surface area (Å²) < 4.78 is 11.5. The summed E-state index contributed by atoms with van der Waals surface area (Å²) in [6.07, 6.45) is 0. The Morgan fingerprint density at radius 1 is 1.05 bits per heavy atom. The van der Waals surface area contributed by atoms with Gasteiger partial charge in [0.15, 0.2) is 0 Å². The van der Waals surface area contributed by atoms with Crippen LogP contribution in [0.5, 0.6) is 5.75 Å². The zero-order valence-electron chi connectivity index (χ0n) is 13.4. The number of benzene rings is 1. The fourth-order valence-electron chi connectivity index (χ4n) is 2.04. The Labute approximate surface area is 127 Å². The monoisotopic (exact) mass is 287 g/mol. The Morgan fingerprint density at radius 3 is 2.52 bits per heavy atom. The lowest BCUT2D eigenvalue weighted by molar-refractivity contribution is 0.264. The molecule has 0 aliphatic rings.